The van der Waals surface area contributed by atoms with E-state index in [4.69, 9.17) is 12.2 Å². The summed E-state index contributed by atoms with van der Waals surface area (Å²) in [7, 11) is 0. The van der Waals surface area contributed by atoms with Crippen LogP contribution in [0.1, 0.15) is 22.7 Å². The number of terminal acetylenes is 1. The summed E-state index contributed by atoms with van der Waals surface area (Å²) in [5.41, 5.74) is 8.95. The molecule has 4 N–H and O–H groups in total. The first kappa shape index (κ1) is 21.6. The van der Waals surface area contributed by atoms with Gasteiger partial charge >= 0.3 is 5.91 Å². The van der Waals surface area contributed by atoms with Crippen LogP contribution in [0.25, 0.3) is 0 Å². The fourth-order valence-electron chi connectivity index (χ4n) is 3.19. The summed E-state index contributed by atoms with van der Waals surface area (Å²) >= 11 is 0. The Bertz CT molecular complexity index is 1070. The van der Waals surface area contributed by atoms with Crippen LogP contribution in [-0.2, 0) is 22.7 Å². The molecule has 0 bridgehead atoms. The van der Waals surface area contributed by atoms with Crippen molar-refractivity contribution < 1.29 is 14.7 Å². The van der Waals surface area contributed by atoms with E-state index in [0.29, 0.717) is 29.0 Å². The zero-order valence-corrected chi connectivity index (χ0v) is 16.9. The van der Waals surface area contributed by atoms with E-state index in [2.05, 4.69) is 11.2 Å². The molecular weight excluding hydrogens is 390 g/mol. The molecule has 3 aromatic carbocycles. The smallest absolute Gasteiger partial charge is 0.303 e. The van der Waals surface area contributed by atoms with Crippen molar-refractivity contribution in [3.8, 4) is 12.3 Å². The highest BCUT2D eigenvalue weighted by Gasteiger charge is 2.32. The van der Waals surface area contributed by atoms with Crippen molar-refractivity contribution in [1.29, 1.82) is 0 Å². The standard InChI is InChI=1S/C25H23N3O3/c1-2-23(30)28(22-14-8-19(17-29)9-15-22)24(20-10-12-21(26)13-11-20)25(31)27-16-18-6-4-3-5-7-18/h1,3-15,24,29H,16-17,26H2,(H,27,31). The lowest BCUT2D eigenvalue weighted by molar-refractivity contribution is -0.125. The lowest BCUT2D eigenvalue weighted by Gasteiger charge is -2.30. The molecule has 0 aliphatic rings. The number of nitrogens with one attached hydrogen (secondary N) is 1. The van der Waals surface area contributed by atoms with Gasteiger partial charge in [0.05, 0.1) is 6.61 Å². The first-order valence-electron chi connectivity index (χ1n) is 9.70. The maximum atomic E-state index is 13.3. The first-order chi connectivity index (χ1) is 15.0. The number of amides is 2. The van der Waals surface area contributed by atoms with E-state index < -0.39 is 11.9 Å². The van der Waals surface area contributed by atoms with Gasteiger partial charge in [-0.3, -0.25) is 14.5 Å². The molecule has 1 unspecified atom stereocenters. The van der Waals surface area contributed by atoms with Crippen LogP contribution < -0.4 is 16.0 Å². The molecule has 3 aromatic rings. The van der Waals surface area contributed by atoms with Gasteiger partial charge in [0.2, 0.25) is 5.91 Å². The molecule has 31 heavy (non-hydrogen) atoms. The molecule has 156 valence electrons. The van der Waals surface area contributed by atoms with Crippen LogP contribution in [0.4, 0.5) is 11.4 Å². The maximum Gasteiger partial charge on any atom is 0.303 e. The van der Waals surface area contributed by atoms with Crippen molar-refractivity contribution in [1.82, 2.24) is 5.32 Å². The number of rotatable bonds is 7. The molecule has 1 atom stereocenters. The summed E-state index contributed by atoms with van der Waals surface area (Å²) in [6, 6.07) is 21.8. The Labute approximate surface area is 181 Å². The molecule has 0 radical (unpaired) electrons. The van der Waals surface area contributed by atoms with Gasteiger partial charge in [-0.05, 0) is 46.9 Å². The van der Waals surface area contributed by atoms with Gasteiger partial charge in [-0.1, -0.05) is 54.6 Å². The normalized spacial score (nSPS) is 11.2. The number of benzene rings is 3. The number of hydrogen-bond donors (Lipinski definition) is 3. The molecule has 6 heteroatoms. The minimum atomic E-state index is -1.01. The Morgan fingerprint density at radius 1 is 0.968 bits per heavy atom. The third-order valence-electron chi connectivity index (χ3n) is 4.81. The molecule has 0 fully saturated rings. The Morgan fingerprint density at radius 2 is 1.61 bits per heavy atom. The second kappa shape index (κ2) is 10.1. The van der Waals surface area contributed by atoms with E-state index in [-0.39, 0.29) is 12.5 Å². The number of aliphatic hydroxyl groups is 1. The highest BCUT2D eigenvalue weighted by molar-refractivity contribution is 6.09. The van der Waals surface area contributed by atoms with Gasteiger partial charge in [0.15, 0.2) is 0 Å². The van der Waals surface area contributed by atoms with E-state index in [0.717, 1.165) is 5.56 Å². The molecule has 0 aliphatic carbocycles. The molecule has 0 aliphatic heterocycles. The van der Waals surface area contributed by atoms with E-state index in [1.807, 2.05) is 30.3 Å². The topological polar surface area (TPSA) is 95.7 Å². The van der Waals surface area contributed by atoms with Gasteiger partial charge in [-0.2, -0.15) is 0 Å². The molecule has 0 saturated heterocycles. The summed E-state index contributed by atoms with van der Waals surface area (Å²) in [6.07, 6.45) is 5.44. The Morgan fingerprint density at radius 3 is 2.19 bits per heavy atom. The van der Waals surface area contributed by atoms with Gasteiger partial charge in [-0.15, -0.1) is 6.42 Å². The third-order valence-corrected chi connectivity index (χ3v) is 4.81. The van der Waals surface area contributed by atoms with Crippen LogP contribution in [0.3, 0.4) is 0 Å². The van der Waals surface area contributed by atoms with E-state index in [1.165, 1.54) is 4.90 Å². The van der Waals surface area contributed by atoms with E-state index in [9.17, 15) is 14.7 Å². The zero-order valence-electron chi connectivity index (χ0n) is 16.9. The fourth-order valence-corrected chi connectivity index (χ4v) is 3.19. The quantitative estimate of drug-likeness (QED) is 0.410. The van der Waals surface area contributed by atoms with Gasteiger partial charge < -0.3 is 16.2 Å². The van der Waals surface area contributed by atoms with Crippen LogP contribution in [0.15, 0.2) is 78.9 Å². The van der Waals surface area contributed by atoms with Crippen LogP contribution in [0, 0.1) is 12.3 Å². The average molecular weight is 413 g/mol. The molecule has 0 aromatic heterocycles. The minimum Gasteiger partial charge on any atom is -0.399 e. The molecule has 3 rings (SSSR count). The monoisotopic (exact) mass is 413 g/mol. The molecular formula is C25H23N3O3. The number of anilines is 2. The number of nitrogens with zero attached hydrogens (tertiary/aromatic N) is 1. The predicted molar refractivity (Wildman–Crippen MR) is 121 cm³/mol. The highest BCUT2D eigenvalue weighted by Crippen LogP contribution is 2.29. The van der Waals surface area contributed by atoms with Crippen molar-refractivity contribution >= 4 is 23.2 Å². The number of aliphatic hydroxyl groups excluding tert-OH is 1. The van der Waals surface area contributed by atoms with Crippen molar-refractivity contribution in [2.75, 3.05) is 10.6 Å². The molecule has 0 saturated carbocycles. The van der Waals surface area contributed by atoms with E-state index >= 15 is 0 Å². The van der Waals surface area contributed by atoms with Crippen LogP contribution in [0.2, 0.25) is 0 Å². The van der Waals surface area contributed by atoms with Crippen LogP contribution in [-0.4, -0.2) is 16.9 Å². The highest BCUT2D eigenvalue weighted by atomic mass is 16.3. The first-order valence-corrected chi connectivity index (χ1v) is 9.70. The number of nitrogens with two attached hydrogens (primary N) is 1. The molecule has 0 spiro atoms. The Balaban J connectivity index is 2.00. The number of hydrogen-bond acceptors (Lipinski definition) is 4. The summed E-state index contributed by atoms with van der Waals surface area (Å²) < 4.78 is 0. The third kappa shape index (κ3) is 5.30. The minimum absolute atomic E-state index is 0.137. The van der Waals surface area contributed by atoms with Crippen LogP contribution in [0.5, 0.6) is 0 Å². The lowest BCUT2D eigenvalue weighted by Crippen LogP contribution is -2.43. The van der Waals surface area contributed by atoms with Crippen molar-refractivity contribution in [2.24, 2.45) is 0 Å². The van der Waals surface area contributed by atoms with Gasteiger partial charge in [-0.25, -0.2) is 0 Å². The molecule has 6 nitrogen and oxygen atoms in total. The zero-order chi connectivity index (χ0) is 22.2. The summed E-state index contributed by atoms with van der Waals surface area (Å²) in [6.45, 7) is 0.162. The summed E-state index contributed by atoms with van der Waals surface area (Å²) in [5.74, 6) is 1.07. The van der Waals surface area contributed by atoms with E-state index in [1.54, 1.807) is 48.5 Å². The van der Waals surface area contributed by atoms with Gasteiger partial charge in [0.1, 0.15) is 6.04 Å². The van der Waals surface area contributed by atoms with Gasteiger partial charge in [0, 0.05) is 17.9 Å². The van der Waals surface area contributed by atoms with Crippen molar-refractivity contribution in [2.45, 2.75) is 19.2 Å². The maximum absolute atomic E-state index is 13.3. The molecule has 0 heterocycles. The Kier molecular flexibility index (Phi) is 7.05. The second-order valence-electron chi connectivity index (χ2n) is 6.92. The number of carbonyl (C=O) groups excluding carboxylic acids is 2. The number of nitrogen functional groups attached to an aromatic ring is 1. The summed E-state index contributed by atoms with van der Waals surface area (Å²) in [4.78, 5) is 27.3. The lowest BCUT2D eigenvalue weighted by atomic mass is 10.0. The van der Waals surface area contributed by atoms with Crippen molar-refractivity contribution in [3.05, 3.63) is 95.6 Å². The Hall–Kier alpha value is -4.08. The van der Waals surface area contributed by atoms with Gasteiger partial charge in [0.25, 0.3) is 0 Å². The second-order valence-corrected chi connectivity index (χ2v) is 6.92. The predicted octanol–water partition coefficient (Wildman–Crippen LogP) is 2.79. The fraction of sp³-hybridized carbons (Fsp3) is 0.120. The SMILES string of the molecule is C#CC(=O)N(c1ccc(CO)cc1)C(C(=O)NCc1ccccc1)c1ccc(N)cc1. The molecule has 2 amide bonds. The average Bonchev–Trinajstić information content (AvgIpc) is 2.82. The number of carbonyl (C=O) groups is 2. The largest absolute Gasteiger partial charge is 0.399 e. The summed E-state index contributed by atoms with van der Waals surface area (Å²) in [5, 5.41) is 12.2. The van der Waals surface area contributed by atoms with Crippen molar-refractivity contribution in [3.63, 3.8) is 0 Å². The van der Waals surface area contributed by atoms with Crippen LogP contribution >= 0.6 is 0 Å².